The van der Waals surface area contributed by atoms with E-state index in [9.17, 15) is 0 Å². The van der Waals surface area contributed by atoms with Crippen molar-refractivity contribution in [1.29, 1.82) is 0 Å². The van der Waals surface area contributed by atoms with E-state index in [2.05, 4.69) is 15.1 Å². The van der Waals surface area contributed by atoms with Crippen LogP contribution in [0.25, 0.3) is 5.52 Å². The van der Waals surface area contributed by atoms with E-state index in [4.69, 9.17) is 0 Å². The van der Waals surface area contributed by atoms with E-state index in [1.807, 2.05) is 6.92 Å². The van der Waals surface area contributed by atoms with Crippen LogP contribution < -0.4 is 0 Å². The summed E-state index contributed by atoms with van der Waals surface area (Å²) < 4.78 is 1.74. The number of hydrogen-bond acceptors (Lipinski definition) is 3. The molecule has 50 valence electrons. The van der Waals surface area contributed by atoms with Gasteiger partial charge in [-0.15, -0.1) is 0 Å². The first kappa shape index (κ1) is 5.34. The van der Waals surface area contributed by atoms with Gasteiger partial charge in [0, 0.05) is 0 Å². The van der Waals surface area contributed by atoms with Crippen molar-refractivity contribution in [2.75, 3.05) is 0 Å². The van der Waals surface area contributed by atoms with Crippen molar-refractivity contribution < 1.29 is 0 Å². The molecule has 0 radical (unpaired) electrons. The molecule has 2 rings (SSSR count). The maximum absolute atomic E-state index is 4.06. The van der Waals surface area contributed by atoms with Crippen LogP contribution in [0.3, 0.4) is 0 Å². The van der Waals surface area contributed by atoms with Gasteiger partial charge in [0.1, 0.15) is 17.7 Å². The number of nitrogens with zero attached hydrogens (tertiary/aromatic N) is 4. The van der Waals surface area contributed by atoms with E-state index in [0.29, 0.717) is 0 Å². The van der Waals surface area contributed by atoms with Gasteiger partial charge >= 0.3 is 0 Å². The second-order valence-corrected chi connectivity index (χ2v) is 2.05. The number of fused-ring (bicyclic) bond motifs is 1. The molecular weight excluding hydrogens is 128 g/mol. The summed E-state index contributed by atoms with van der Waals surface area (Å²) in [6.45, 7) is 1.90. The standard InChI is InChI=1S/C6H6N4/c1-5-8-3-6-2-7-4-9-10(5)6/h2-4H,1H3. The molecule has 0 amide bonds. The van der Waals surface area contributed by atoms with Gasteiger partial charge in [-0.1, -0.05) is 0 Å². The van der Waals surface area contributed by atoms with Crippen LogP contribution in [0.15, 0.2) is 18.7 Å². The molecule has 10 heavy (non-hydrogen) atoms. The van der Waals surface area contributed by atoms with E-state index in [-0.39, 0.29) is 0 Å². The highest BCUT2D eigenvalue weighted by molar-refractivity contribution is 5.40. The molecule has 2 aromatic rings. The molecule has 0 N–H and O–H groups in total. The highest BCUT2D eigenvalue weighted by Gasteiger charge is 1.95. The first-order valence-corrected chi connectivity index (χ1v) is 2.98. The largest absolute Gasteiger partial charge is 0.241 e. The summed E-state index contributed by atoms with van der Waals surface area (Å²) in [5.74, 6) is 0.886. The van der Waals surface area contributed by atoms with Gasteiger partial charge in [0.15, 0.2) is 0 Å². The minimum absolute atomic E-state index is 0.886. The van der Waals surface area contributed by atoms with Crippen molar-refractivity contribution >= 4 is 5.52 Å². The third kappa shape index (κ3) is 0.586. The SMILES string of the molecule is Cc1ncc2cncnn12. The molecule has 0 unspecified atom stereocenters. The summed E-state index contributed by atoms with van der Waals surface area (Å²) in [7, 11) is 0. The third-order valence-electron chi connectivity index (χ3n) is 1.38. The van der Waals surface area contributed by atoms with Gasteiger partial charge in [-0.25, -0.2) is 14.5 Å². The summed E-state index contributed by atoms with van der Waals surface area (Å²) in [6.07, 6.45) is 4.98. The topological polar surface area (TPSA) is 43.1 Å². The Labute approximate surface area is 57.5 Å². The first-order chi connectivity index (χ1) is 4.88. The Morgan fingerprint density at radius 2 is 2.30 bits per heavy atom. The summed E-state index contributed by atoms with van der Waals surface area (Å²) in [5, 5.41) is 3.98. The van der Waals surface area contributed by atoms with Gasteiger partial charge < -0.3 is 0 Å². The Kier molecular flexibility index (Phi) is 0.943. The second kappa shape index (κ2) is 1.76. The zero-order valence-electron chi connectivity index (χ0n) is 5.52. The number of rotatable bonds is 0. The quantitative estimate of drug-likeness (QED) is 0.524. The van der Waals surface area contributed by atoms with Crippen molar-refractivity contribution in [2.45, 2.75) is 6.92 Å². The van der Waals surface area contributed by atoms with Gasteiger partial charge in [0.2, 0.25) is 0 Å². The van der Waals surface area contributed by atoms with Crippen LogP contribution in [0.2, 0.25) is 0 Å². The lowest BCUT2D eigenvalue weighted by atomic mass is 10.6. The molecule has 4 heteroatoms. The monoisotopic (exact) mass is 134 g/mol. The van der Waals surface area contributed by atoms with E-state index < -0.39 is 0 Å². The Bertz CT molecular complexity index is 351. The van der Waals surface area contributed by atoms with Gasteiger partial charge in [-0.2, -0.15) is 5.10 Å². The van der Waals surface area contributed by atoms with E-state index in [0.717, 1.165) is 11.3 Å². The minimum Gasteiger partial charge on any atom is -0.241 e. The van der Waals surface area contributed by atoms with Gasteiger partial charge in [0.25, 0.3) is 0 Å². The lowest BCUT2D eigenvalue weighted by Crippen LogP contribution is -1.92. The molecule has 2 heterocycles. The Morgan fingerprint density at radius 1 is 1.40 bits per heavy atom. The number of aromatic nitrogens is 4. The van der Waals surface area contributed by atoms with E-state index in [1.165, 1.54) is 6.33 Å². The van der Waals surface area contributed by atoms with Crippen molar-refractivity contribution in [3.05, 3.63) is 24.5 Å². The molecule has 0 aliphatic rings. The fourth-order valence-corrected chi connectivity index (χ4v) is 0.885. The van der Waals surface area contributed by atoms with Crippen LogP contribution in [0.1, 0.15) is 5.82 Å². The smallest absolute Gasteiger partial charge is 0.136 e. The average Bonchev–Trinajstić information content (AvgIpc) is 2.34. The van der Waals surface area contributed by atoms with Gasteiger partial charge in [0.05, 0.1) is 12.4 Å². The van der Waals surface area contributed by atoms with E-state index in [1.54, 1.807) is 16.9 Å². The number of imidazole rings is 1. The lowest BCUT2D eigenvalue weighted by Gasteiger charge is -1.89. The van der Waals surface area contributed by atoms with Crippen LogP contribution >= 0.6 is 0 Å². The van der Waals surface area contributed by atoms with Crippen LogP contribution in [0.5, 0.6) is 0 Å². The Balaban J connectivity index is 2.93. The zero-order chi connectivity index (χ0) is 6.97. The summed E-state index contributed by atoms with van der Waals surface area (Å²) in [4.78, 5) is 7.91. The third-order valence-corrected chi connectivity index (χ3v) is 1.38. The minimum atomic E-state index is 0.886. The fraction of sp³-hybridized carbons (Fsp3) is 0.167. The molecule has 0 saturated carbocycles. The number of aryl methyl sites for hydroxylation is 1. The molecule has 0 bridgehead atoms. The van der Waals surface area contributed by atoms with Gasteiger partial charge in [-0.3, -0.25) is 0 Å². The Morgan fingerprint density at radius 3 is 3.10 bits per heavy atom. The molecule has 4 nitrogen and oxygen atoms in total. The maximum atomic E-state index is 4.06. The van der Waals surface area contributed by atoms with Gasteiger partial charge in [-0.05, 0) is 6.92 Å². The summed E-state index contributed by atoms with van der Waals surface area (Å²) in [6, 6.07) is 0. The average molecular weight is 134 g/mol. The highest BCUT2D eigenvalue weighted by atomic mass is 15.3. The summed E-state index contributed by atoms with van der Waals surface area (Å²) in [5.41, 5.74) is 0.931. The Hall–Kier alpha value is -1.45. The molecule has 0 aliphatic heterocycles. The van der Waals surface area contributed by atoms with Crippen LogP contribution in [-0.2, 0) is 0 Å². The first-order valence-electron chi connectivity index (χ1n) is 2.98. The predicted molar refractivity (Wildman–Crippen MR) is 35.5 cm³/mol. The molecule has 2 aromatic heterocycles. The highest BCUT2D eigenvalue weighted by Crippen LogP contribution is 1.99. The molecule has 0 saturated heterocycles. The molecule has 0 spiro atoms. The van der Waals surface area contributed by atoms with Crippen LogP contribution in [0, 0.1) is 6.92 Å². The molecular formula is C6H6N4. The van der Waals surface area contributed by atoms with Crippen molar-refractivity contribution in [3.63, 3.8) is 0 Å². The lowest BCUT2D eigenvalue weighted by molar-refractivity contribution is 0.852. The molecule has 0 aromatic carbocycles. The summed E-state index contributed by atoms with van der Waals surface area (Å²) >= 11 is 0. The molecule has 0 fully saturated rings. The second-order valence-electron chi connectivity index (χ2n) is 2.05. The predicted octanol–water partition coefficient (Wildman–Crippen LogP) is 0.433. The fourth-order valence-electron chi connectivity index (χ4n) is 0.885. The number of hydrogen-bond donors (Lipinski definition) is 0. The van der Waals surface area contributed by atoms with Crippen LogP contribution in [-0.4, -0.2) is 19.6 Å². The van der Waals surface area contributed by atoms with E-state index >= 15 is 0 Å². The molecule has 0 atom stereocenters. The van der Waals surface area contributed by atoms with Crippen molar-refractivity contribution in [2.24, 2.45) is 0 Å². The molecule has 0 aliphatic carbocycles. The maximum Gasteiger partial charge on any atom is 0.136 e. The van der Waals surface area contributed by atoms with Crippen molar-refractivity contribution in [1.82, 2.24) is 19.6 Å². The van der Waals surface area contributed by atoms with Crippen molar-refractivity contribution in [3.8, 4) is 0 Å². The zero-order valence-corrected chi connectivity index (χ0v) is 5.52. The van der Waals surface area contributed by atoms with Crippen LogP contribution in [0.4, 0.5) is 0 Å². The normalized spacial score (nSPS) is 10.5.